The number of benzene rings is 1. The van der Waals surface area contributed by atoms with Crippen LogP contribution in [-0.2, 0) is 4.79 Å². The third-order valence-corrected chi connectivity index (χ3v) is 5.63. The number of carboxylic acid groups (broad SMARTS) is 1. The Bertz CT molecular complexity index is 697. The number of fused-ring (bicyclic) bond motifs is 1. The second-order valence-corrected chi connectivity index (χ2v) is 7.01. The first kappa shape index (κ1) is 17.6. The molecule has 3 atom stereocenters. The van der Waals surface area contributed by atoms with Crippen molar-refractivity contribution in [3.63, 3.8) is 0 Å². The van der Waals surface area contributed by atoms with Crippen LogP contribution in [0, 0.1) is 23.0 Å². The summed E-state index contributed by atoms with van der Waals surface area (Å²) in [5.41, 5.74) is -0.621. The molecule has 0 radical (unpaired) electrons. The van der Waals surface area contributed by atoms with Crippen molar-refractivity contribution < 1.29 is 23.5 Å². The van der Waals surface area contributed by atoms with Gasteiger partial charge in [0.05, 0.1) is 11.5 Å². The van der Waals surface area contributed by atoms with Gasteiger partial charge in [-0.25, -0.2) is 13.6 Å². The summed E-state index contributed by atoms with van der Waals surface area (Å²) >= 11 is 0. The first-order valence-corrected chi connectivity index (χ1v) is 8.61. The maximum absolute atomic E-state index is 14.0. The van der Waals surface area contributed by atoms with Gasteiger partial charge in [-0.2, -0.15) is 0 Å². The summed E-state index contributed by atoms with van der Waals surface area (Å²) in [5.74, 6) is -2.24. The Morgan fingerprint density at radius 3 is 2.80 bits per heavy atom. The Labute approximate surface area is 145 Å². The number of likely N-dealkylation sites (tertiary alicyclic amines) is 1. The lowest BCUT2D eigenvalue weighted by Gasteiger charge is -2.25. The molecular weight excluding hydrogens is 330 g/mol. The Kier molecular flexibility index (Phi) is 4.67. The van der Waals surface area contributed by atoms with Crippen molar-refractivity contribution in [2.45, 2.75) is 38.6 Å². The van der Waals surface area contributed by atoms with Crippen LogP contribution >= 0.6 is 0 Å². The van der Waals surface area contributed by atoms with E-state index >= 15 is 0 Å². The van der Waals surface area contributed by atoms with E-state index < -0.39 is 35.1 Å². The molecule has 2 N–H and O–H groups in total. The number of rotatable bonds is 4. The quantitative estimate of drug-likeness (QED) is 0.873. The smallest absolute Gasteiger partial charge is 0.317 e. The van der Waals surface area contributed by atoms with E-state index in [2.05, 4.69) is 5.32 Å². The summed E-state index contributed by atoms with van der Waals surface area (Å²) in [6.07, 6.45) is 2.70. The second kappa shape index (κ2) is 6.61. The van der Waals surface area contributed by atoms with E-state index in [0.717, 1.165) is 25.0 Å². The molecule has 0 spiro atoms. The number of carboxylic acids is 1. The van der Waals surface area contributed by atoms with Gasteiger partial charge in [0.2, 0.25) is 0 Å². The van der Waals surface area contributed by atoms with Crippen LogP contribution in [0.15, 0.2) is 18.2 Å². The standard InChI is InChI=1S/C18H22F2N2O3/c1-2-15(13-6-5-12(19)8-14(13)20)21-17(25)22-9-11-4-3-7-18(11,10-22)16(23)24/h5-6,8,11,15H,2-4,7,9-10H2,1H3,(H,21,25)(H,23,24)/t11-,15?,18+/m0/s1. The number of nitrogens with zero attached hydrogens (tertiary/aromatic N) is 1. The van der Waals surface area contributed by atoms with E-state index in [0.29, 0.717) is 19.4 Å². The van der Waals surface area contributed by atoms with Gasteiger partial charge in [0.15, 0.2) is 0 Å². The molecule has 0 aromatic heterocycles. The van der Waals surface area contributed by atoms with Gasteiger partial charge in [-0.15, -0.1) is 0 Å². The number of carbonyl (C=O) groups excluding carboxylic acids is 1. The fourth-order valence-corrected chi connectivity index (χ4v) is 4.22. The van der Waals surface area contributed by atoms with Gasteiger partial charge in [-0.1, -0.05) is 19.4 Å². The molecule has 2 fully saturated rings. The van der Waals surface area contributed by atoms with E-state index in [4.69, 9.17) is 0 Å². The highest BCUT2D eigenvalue weighted by Crippen LogP contribution is 2.48. The topological polar surface area (TPSA) is 69.6 Å². The fraction of sp³-hybridized carbons (Fsp3) is 0.556. The predicted octanol–water partition coefficient (Wildman–Crippen LogP) is 3.31. The zero-order valence-electron chi connectivity index (χ0n) is 14.1. The lowest BCUT2D eigenvalue weighted by Crippen LogP contribution is -2.43. The van der Waals surface area contributed by atoms with Crippen molar-refractivity contribution in [2.24, 2.45) is 11.3 Å². The predicted molar refractivity (Wildman–Crippen MR) is 86.9 cm³/mol. The largest absolute Gasteiger partial charge is 0.481 e. The van der Waals surface area contributed by atoms with Crippen LogP contribution in [0.4, 0.5) is 13.6 Å². The lowest BCUT2D eigenvalue weighted by molar-refractivity contribution is -0.149. The minimum Gasteiger partial charge on any atom is -0.481 e. The minimum absolute atomic E-state index is 0.0293. The van der Waals surface area contributed by atoms with Crippen LogP contribution < -0.4 is 5.32 Å². The summed E-state index contributed by atoms with van der Waals surface area (Å²) in [6, 6.07) is 2.30. The number of aliphatic carboxylic acids is 1. The number of hydrogen-bond acceptors (Lipinski definition) is 2. The molecule has 1 aliphatic carbocycles. The van der Waals surface area contributed by atoms with Gasteiger partial charge in [-0.05, 0) is 31.2 Å². The molecule has 136 valence electrons. The van der Waals surface area contributed by atoms with Crippen LogP contribution in [-0.4, -0.2) is 35.1 Å². The number of hydrogen-bond donors (Lipinski definition) is 2. The number of carbonyl (C=O) groups is 2. The van der Waals surface area contributed by atoms with Crippen LogP contribution in [0.5, 0.6) is 0 Å². The number of nitrogens with one attached hydrogen (secondary N) is 1. The molecule has 1 unspecified atom stereocenters. The number of amides is 2. The van der Waals surface area contributed by atoms with E-state index in [1.807, 2.05) is 0 Å². The number of urea groups is 1. The Hall–Kier alpha value is -2.18. The average molecular weight is 352 g/mol. The second-order valence-electron chi connectivity index (χ2n) is 7.01. The zero-order valence-corrected chi connectivity index (χ0v) is 14.1. The van der Waals surface area contributed by atoms with Gasteiger partial charge in [-0.3, -0.25) is 4.79 Å². The van der Waals surface area contributed by atoms with Crippen molar-refractivity contribution in [3.8, 4) is 0 Å². The SMILES string of the molecule is CCC(NC(=O)N1C[C@@H]2CCC[C@@]2(C(=O)O)C1)c1ccc(F)cc1F. The Balaban J connectivity index is 1.72. The van der Waals surface area contributed by atoms with Crippen molar-refractivity contribution >= 4 is 12.0 Å². The normalized spacial score (nSPS) is 26.4. The molecule has 1 saturated heterocycles. The van der Waals surface area contributed by atoms with E-state index in [1.54, 1.807) is 6.92 Å². The van der Waals surface area contributed by atoms with Crippen LogP contribution in [0.1, 0.15) is 44.2 Å². The first-order valence-electron chi connectivity index (χ1n) is 8.61. The van der Waals surface area contributed by atoms with Crippen LogP contribution in [0.2, 0.25) is 0 Å². The maximum Gasteiger partial charge on any atom is 0.317 e. The monoisotopic (exact) mass is 352 g/mol. The Morgan fingerprint density at radius 2 is 2.20 bits per heavy atom. The maximum atomic E-state index is 14.0. The van der Waals surface area contributed by atoms with Crippen molar-refractivity contribution in [1.82, 2.24) is 10.2 Å². The van der Waals surface area contributed by atoms with Crippen molar-refractivity contribution in [2.75, 3.05) is 13.1 Å². The third-order valence-electron chi connectivity index (χ3n) is 5.63. The summed E-state index contributed by atoms with van der Waals surface area (Å²) in [7, 11) is 0. The Morgan fingerprint density at radius 1 is 1.44 bits per heavy atom. The average Bonchev–Trinajstić information content (AvgIpc) is 3.11. The molecular formula is C18H22F2N2O3. The van der Waals surface area contributed by atoms with E-state index in [9.17, 15) is 23.5 Å². The lowest BCUT2D eigenvalue weighted by atomic mass is 9.81. The molecule has 0 bridgehead atoms. The van der Waals surface area contributed by atoms with E-state index in [1.165, 1.54) is 11.0 Å². The molecule has 7 heteroatoms. The number of halogens is 2. The molecule has 1 heterocycles. The van der Waals surface area contributed by atoms with Gasteiger partial charge >= 0.3 is 12.0 Å². The molecule has 1 aromatic rings. The first-order chi connectivity index (χ1) is 11.9. The van der Waals surface area contributed by atoms with Crippen molar-refractivity contribution in [1.29, 1.82) is 0 Å². The summed E-state index contributed by atoms with van der Waals surface area (Å²) in [6.45, 7) is 2.38. The van der Waals surface area contributed by atoms with Crippen LogP contribution in [0.3, 0.4) is 0 Å². The molecule has 25 heavy (non-hydrogen) atoms. The van der Waals surface area contributed by atoms with Crippen LogP contribution in [0.25, 0.3) is 0 Å². The molecule has 5 nitrogen and oxygen atoms in total. The molecule has 1 aromatic carbocycles. The van der Waals surface area contributed by atoms with E-state index in [-0.39, 0.29) is 18.0 Å². The molecule has 1 aliphatic heterocycles. The summed E-state index contributed by atoms with van der Waals surface area (Å²) in [5, 5.41) is 12.4. The molecule has 2 aliphatic rings. The fourth-order valence-electron chi connectivity index (χ4n) is 4.22. The molecule has 3 rings (SSSR count). The summed E-state index contributed by atoms with van der Waals surface area (Å²) < 4.78 is 27.1. The zero-order chi connectivity index (χ0) is 18.2. The highest BCUT2D eigenvalue weighted by molar-refractivity contribution is 5.80. The van der Waals surface area contributed by atoms with Gasteiger partial charge in [0.1, 0.15) is 11.6 Å². The highest BCUT2D eigenvalue weighted by atomic mass is 19.1. The van der Waals surface area contributed by atoms with Gasteiger partial charge < -0.3 is 15.3 Å². The molecule has 2 amide bonds. The minimum atomic E-state index is -0.847. The van der Waals surface area contributed by atoms with Gasteiger partial charge in [0.25, 0.3) is 0 Å². The molecule has 1 saturated carbocycles. The van der Waals surface area contributed by atoms with Crippen molar-refractivity contribution in [3.05, 3.63) is 35.4 Å². The van der Waals surface area contributed by atoms with Gasteiger partial charge in [0, 0.05) is 24.7 Å². The third kappa shape index (κ3) is 3.07. The summed E-state index contributed by atoms with van der Waals surface area (Å²) in [4.78, 5) is 25.8. The highest BCUT2D eigenvalue weighted by Gasteiger charge is 2.55.